The molecule has 0 amide bonds. The Hall–Kier alpha value is -1.20. The first-order valence-corrected chi connectivity index (χ1v) is 9.39. The van der Waals surface area contributed by atoms with Gasteiger partial charge in [0, 0.05) is 44.7 Å². The minimum atomic E-state index is -0.00375. The molecule has 2 N–H and O–H groups in total. The number of hydrogen-bond donors (Lipinski definition) is 2. The lowest BCUT2D eigenvalue weighted by molar-refractivity contribution is -0.00683. The maximum atomic E-state index is 5.46. The number of hydrogen-bond acceptors (Lipinski definition) is 5. The molecule has 0 aromatic carbocycles. The molecule has 0 unspecified atom stereocenters. The molecule has 0 atom stereocenters. The van der Waals surface area contributed by atoms with Crippen molar-refractivity contribution in [3.8, 4) is 0 Å². The van der Waals surface area contributed by atoms with Crippen LogP contribution in [0.15, 0.2) is 24.0 Å². The van der Waals surface area contributed by atoms with E-state index in [4.69, 9.17) is 9.73 Å². The third-order valence-electron chi connectivity index (χ3n) is 4.56. The minimum Gasteiger partial charge on any atom is -0.379 e. The molecule has 1 aromatic heterocycles. The Morgan fingerprint density at radius 1 is 1.37 bits per heavy atom. The standard InChI is InChI=1S/C18H33N7O.HI/c1-5-7-19-17(20-8-9-24-15-22-23-16(24)6-2)21-14-18(3,4)25-10-12-26-13-11-25;/h5,15H,1,6-14H2,2-4H3,(H2,19,20,21);1H. The molecule has 2 rings (SSSR count). The molecular formula is C18H34IN7O. The number of rotatable bonds is 9. The zero-order chi connectivity index (χ0) is 18.8. The smallest absolute Gasteiger partial charge is 0.191 e. The second kappa shape index (κ2) is 12.3. The highest BCUT2D eigenvalue weighted by atomic mass is 127. The number of morpholine rings is 1. The SMILES string of the molecule is C=CCNC(=NCC(C)(C)N1CCOCC1)NCCn1cnnc1CC.I. The van der Waals surface area contributed by atoms with Crippen LogP contribution in [0, 0.1) is 0 Å². The lowest BCUT2D eigenvalue weighted by atomic mass is 10.0. The van der Waals surface area contributed by atoms with Gasteiger partial charge in [0.1, 0.15) is 12.2 Å². The molecule has 1 saturated heterocycles. The number of nitrogens with zero attached hydrogens (tertiary/aromatic N) is 5. The molecule has 0 aliphatic carbocycles. The third kappa shape index (κ3) is 7.74. The summed E-state index contributed by atoms with van der Waals surface area (Å²) in [7, 11) is 0. The molecule has 2 heterocycles. The lowest BCUT2D eigenvalue weighted by Gasteiger charge is -2.39. The first kappa shape index (κ1) is 23.8. The van der Waals surface area contributed by atoms with Crippen LogP contribution in [0.25, 0.3) is 0 Å². The molecular weight excluding hydrogens is 457 g/mol. The summed E-state index contributed by atoms with van der Waals surface area (Å²) >= 11 is 0. The fraction of sp³-hybridized carbons (Fsp3) is 0.722. The quantitative estimate of drug-likeness (QED) is 0.235. The Morgan fingerprint density at radius 2 is 2.11 bits per heavy atom. The van der Waals surface area contributed by atoms with Crippen molar-refractivity contribution in [2.24, 2.45) is 4.99 Å². The van der Waals surface area contributed by atoms with Gasteiger partial charge in [0.15, 0.2) is 5.96 Å². The highest BCUT2D eigenvalue weighted by Crippen LogP contribution is 2.16. The van der Waals surface area contributed by atoms with E-state index in [1.807, 2.05) is 6.08 Å². The second-order valence-corrected chi connectivity index (χ2v) is 6.97. The maximum Gasteiger partial charge on any atom is 0.191 e. The monoisotopic (exact) mass is 491 g/mol. The number of guanidine groups is 1. The predicted molar refractivity (Wildman–Crippen MR) is 120 cm³/mol. The molecule has 8 nitrogen and oxygen atoms in total. The van der Waals surface area contributed by atoms with Crippen LogP contribution in [0.2, 0.25) is 0 Å². The summed E-state index contributed by atoms with van der Waals surface area (Å²) in [6.07, 6.45) is 4.48. The van der Waals surface area contributed by atoms with Crippen LogP contribution < -0.4 is 10.6 Å². The summed E-state index contributed by atoms with van der Waals surface area (Å²) in [6.45, 7) is 16.8. The van der Waals surface area contributed by atoms with Crippen molar-refractivity contribution in [3.05, 3.63) is 24.8 Å². The largest absolute Gasteiger partial charge is 0.379 e. The van der Waals surface area contributed by atoms with Gasteiger partial charge in [-0.25, -0.2) is 0 Å². The van der Waals surface area contributed by atoms with Crippen LogP contribution in [0.5, 0.6) is 0 Å². The molecule has 0 bridgehead atoms. The number of aryl methyl sites for hydroxylation is 1. The zero-order valence-corrected chi connectivity index (χ0v) is 19.1. The highest BCUT2D eigenvalue weighted by molar-refractivity contribution is 14.0. The van der Waals surface area contributed by atoms with Crippen molar-refractivity contribution in [3.63, 3.8) is 0 Å². The van der Waals surface area contributed by atoms with Crippen LogP contribution in [0.4, 0.5) is 0 Å². The van der Waals surface area contributed by atoms with Crippen molar-refractivity contribution in [1.82, 2.24) is 30.3 Å². The summed E-state index contributed by atoms with van der Waals surface area (Å²) < 4.78 is 7.52. The van der Waals surface area contributed by atoms with Gasteiger partial charge >= 0.3 is 0 Å². The summed E-state index contributed by atoms with van der Waals surface area (Å²) in [4.78, 5) is 7.23. The number of ether oxygens (including phenoxy) is 1. The fourth-order valence-corrected chi connectivity index (χ4v) is 2.92. The van der Waals surface area contributed by atoms with Crippen molar-refractivity contribution in [2.45, 2.75) is 39.3 Å². The van der Waals surface area contributed by atoms with E-state index in [2.05, 4.69) is 57.6 Å². The van der Waals surface area contributed by atoms with Gasteiger partial charge in [-0.3, -0.25) is 9.89 Å². The Bertz CT molecular complexity index is 582. The number of aromatic nitrogens is 3. The molecule has 1 aliphatic heterocycles. The Morgan fingerprint density at radius 3 is 2.78 bits per heavy atom. The van der Waals surface area contributed by atoms with E-state index in [1.165, 1.54) is 0 Å². The molecule has 0 radical (unpaired) electrons. The van der Waals surface area contributed by atoms with Crippen molar-refractivity contribution in [2.75, 3.05) is 45.9 Å². The van der Waals surface area contributed by atoms with Crippen LogP contribution in [0.3, 0.4) is 0 Å². The van der Waals surface area contributed by atoms with Crippen LogP contribution in [-0.2, 0) is 17.7 Å². The average Bonchev–Trinajstić information content (AvgIpc) is 3.11. The van der Waals surface area contributed by atoms with E-state index < -0.39 is 0 Å². The van der Waals surface area contributed by atoms with Crippen LogP contribution >= 0.6 is 24.0 Å². The Balaban J connectivity index is 0.00000364. The molecule has 27 heavy (non-hydrogen) atoms. The summed E-state index contributed by atoms with van der Waals surface area (Å²) in [5.41, 5.74) is -0.00375. The molecule has 154 valence electrons. The van der Waals surface area contributed by atoms with E-state index in [0.29, 0.717) is 13.1 Å². The Labute approximate surface area is 179 Å². The van der Waals surface area contributed by atoms with Gasteiger partial charge in [0.05, 0.1) is 19.8 Å². The normalized spacial score (nSPS) is 15.9. The molecule has 0 saturated carbocycles. The summed E-state index contributed by atoms with van der Waals surface area (Å²) in [5, 5.41) is 14.8. The minimum absolute atomic E-state index is 0. The summed E-state index contributed by atoms with van der Waals surface area (Å²) in [6, 6.07) is 0. The van der Waals surface area contributed by atoms with Gasteiger partial charge in [-0.2, -0.15) is 0 Å². The van der Waals surface area contributed by atoms with Crippen LogP contribution in [0.1, 0.15) is 26.6 Å². The molecule has 1 aromatic rings. The lowest BCUT2D eigenvalue weighted by Crippen LogP contribution is -2.52. The van der Waals surface area contributed by atoms with E-state index >= 15 is 0 Å². The van der Waals surface area contributed by atoms with Gasteiger partial charge in [-0.15, -0.1) is 40.8 Å². The van der Waals surface area contributed by atoms with Crippen molar-refractivity contribution in [1.29, 1.82) is 0 Å². The van der Waals surface area contributed by atoms with E-state index in [-0.39, 0.29) is 29.5 Å². The highest BCUT2D eigenvalue weighted by Gasteiger charge is 2.28. The van der Waals surface area contributed by atoms with E-state index in [1.54, 1.807) is 6.33 Å². The fourth-order valence-electron chi connectivity index (χ4n) is 2.92. The van der Waals surface area contributed by atoms with Gasteiger partial charge in [-0.1, -0.05) is 13.0 Å². The van der Waals surface area contributed by atoms with E-state index in [9.17, 15) is 0 Å². The van der Waals surface area contributed by atoms with Crippen LogP contribution in [-0.4, -0.2) is 77.1 Å². The first-order valence-electron chi connectivity index (χ1n) is 9.39. The van der Waals surface area contributed by atoms with Gasteiger partial charge < -0.3 is 19.9 Å². The Kier molecular flexibility index (Phi) is 10.9. The third-order valence-corrected chi connectivity index (χ3v) is 4.56. The predicted octanol–water partition coefficient (Wildman–Crippen LogP) is 1.29. The molecule has 0 spiro atoms. The average molecular weight is 491 g/mol. The van der Waals surface area contributed by atoms with Gasteiger partial charge in [0.2, 0.25) is 0 Å². The maximum absolute atomic E-state index is 5.46. The number of aliphatic imine (C=N–C) groups is 1. The zero-order valence-electron chi connectivity index (χ0n) is 16.8. The molecule has 9 heteroatoms. The van der Waals surface area contributed by atoms with E-state index in [0.717, 1.165) is 57.6 Å². The molecule has 1 aliphatic rings. The van der Waals surface area contributed by atoms with Gasteiger partial charge in [-0.05, 0) is 13.8 Å². The topological polar surface area (TPSA) is 79.6 Å². The first-order chi connectivity index (χ1) is 12.6. The summed E-state index contributed by atoms with van der Waals surface area (Å²) in [5.74, 6) is 1.80. The number of nitrogens with one attached hydrogen (secondary N) is 2. The van der Waals surface area contributed by atoms with Gasteiger partial charge in [0.25, 0.3) is 0 Å². The van der Waals surface area contributed by atoms with Crippen molar-refractivity contribution < 1.29 is 4.74 Å². The van der Waals surface area contributed by atoms with Crippen molar-refractivity contribution >= 4 is 29.9 Å². The second-order valence-electron chi connectivity index (χ2n) is 6.97. The number of halogens is 1. The molecule has 1 fully saturated rings.